The lowest BCUT2D eigenvalue weighted by atomic mass is 10.1. The van der Waals surface area contributed by atoms with E-state index >= 15 is 0 Å². The number of hydrogen-bond acceptors (Lipinski definition) is 4. The molecule has 68 valence electrons. The third-order valence-electron chi connectivity index (χ3n) is 2.05. The molecule has 2 aromatic rings. The smallest absolute Gasteiger partial charge is 0.158 e. The number of aryl methyl sites for hydroxylation is 1. The Morgan fingerprint density at radius 3 is 2.85 bits per heavy atom. The van der Waals surface area contributed by atoms with Gasteiger partial charge in [-0.15, -0.1) is 0 Å². The number of fused-ring (bicyclic) bond motifs is 1. The van der Waals surface area contributed by atoms with Crippen molar-refractivity contribution >= 4 is 16.7 Å². The summed E-state index contributed by atoms with van der Waals surface area (Å²) >= 11 is 0. The molecule has 0 saturated carbocycles. The van der Waals surface area contributed by atoms with Gasteiger partial charge in [0.15, 0.2) is 5.52 Å². The van der Waals surface area contributed by atoms with Crippen LogP contribution in [0.2, 0.25) is 0 Å². The Balaban J connectivity index is 2.64. The van der Waals surface area contributed by atoms with Crippen molar-refractivity contribution in [1.29, 1.82) is 0 Å². The fraction of sp³-hybridized carbons (Fsp3) is 0.333. The first-order valence-corrected chi connectivity index (χ1v) is 4.32. The van der Waals surface area contributed by atoms with E-state index in [-0.39, 0.29) is 0 Å². The Labute approximate surface area is 75.7 Å². The highest BCUT2D eigenvalue weighted by Crippen LogP contribution is 2.21. The highest BCUT2D eigenvalue weighted by molar-refractivity contribution is 5.88. The predicted molar refractivity (Wildman–Crippen MR) is 50.2 cm³/mol. The summed E-state index contributed by atoms with van der Waals surface area (Å²) in [6.07, 6.45) is 2.05. The molecule has 0 saturated heterocycles. The number of benzene rings is 1. The van der Waals surface area contributed by atoms with E-state index < -0.39 is 0 Å². The van der Waals surface area contributed by atoms with Crippen molar-refractivity contribution in [3.8, 4) is 0 Å². The van der Waals surface area contributed by atoms with Crippen molar-refractivity contribution < 1.29 is 4.63 Å². The molecular formula is C9H11N3O. The largest absolute Gasteiger partial charge is 0.397 e. The van der Waals surface area contributed by atoms with Crippen molar-refractivity contribution in [1.82, 2.24) is 10.3 Å². The molecule has 1 heterocycles. The molecule has 0 atom stereocenters. The maximum absolute atomic E-state index is 5.70. The van der Waals surface area contributed by atoms with Gasteiger partial charge in [-0.1, -0.05) is 19.4 Å². The third kappa shape index (κ3) is 1.24. The number of rotatable bonds is 2. The van der Waals surface area contributed by atoms with Gasteiger partial charge in [0.1, 0.15) is 5.52 Å². The van der Waals surface area contributed by atoms with E-state index in [1.807, 2.05) is 12.1 Å². The zero-order valence-electron chi connectivity index (χ0n) is 7.45. The number of nitrogens with two attached hydrogens (primary N) is 1. The molecule has 2 rings (SSSR count). The van der Waals surface area contributed by atoms with Crippen LogP contribution in [0.1, 0.15) is 18.9 Å². The van der Waals surface area contributed by atoms with Gasteiger partial charge in [0.2, 0.25) is 0 Å². The molecule has 0 bridgehead atoms. The first kappa shape index (κ1) is 8.04. The van der Waals surface area contributed by atoms with Crippen LogP contribution in [-0.2, 0) is 6.42 Å². The van der Waals surface area contributed by atoms with E-state index in [0.717, 1.165) is 23.9 Å². The second-order valence-corrected chi connectivity index (χ2v) is 3.03. The number of hydrogen-bond donors (Lipinski definition) is 1. The molecular weight excluding hydrogens is 166 g/mol. The lowest BCUT2D eigenvalue weighted by Gasteiger charge is -1.99. The first-order valence-electron chi connectivity index (χ1n) is 4.32. The van der Waals surface area contributed by atoms with E-state index in [9.17, 15) is 0 Å². The summed E-state index contributed by atoms with van der Waals surface area (Å²) < 4.78 is 4.65. The maximum atomic E-state index is 5.70. The summed E-state index contributed by atoms with van der Waals surface area (Å²) in [6.45, 7) is 2.12. The van der Waals surface area contributed by atoms with Crippen LogP contribution in [-0.4, -0.2) is 10.3 Å². The lowest BCUT2D eigenvalue weighted by Crippen LogP contribution is -1.91. The normalized spacial score (nSPS) is 10.8. The minimum atomic E-state index is 0.621. The van der Waals surface area contributed by atoms with E-state index in [2.05, 4.69) is 21.9 Å². The van der Waals surface area contributed by atoms with Gasteiger partial charge in [0.25, 0.3) is 0 Å². The van der Waals surface area contributed by atoms with Gasteiger partial charge in [-0.2, -0.15) is 0 Å². The molecule has 1 aromatic carbocycles. The van der Waals surface area contributed by atoms with Gasteiger partial charge < -0.3 is 5.73 Å². The van der Waals surface area contributed by atoms with Crippen LogP contribution in [0.5, 0.6) is 0 Å². The second-order valence-electron chi connectivity index (χ2n) is 3.03. The van der Waals surface area contributed by atoms with Crippen LogP contribution in [0.4, 0.5) is 5.69 Å². The highest BCUT2D eigenvalue weighted by Gasteiger charge is 2.08. The Hall–Kier alpha value is -1.58. The molecule has 0 amide bonds. The standard InChI is InChI=1S/C9H11N3O/c1-2-3-6-4-5-7(10)9-8(6)11-13-12-9/h4-5H,2-3,10H2,1H3. The quantitative estimate of drug-likeness (QED) is 0.710. The molecule has 2 N–H and O–H groups in total. The average molecular weight is 177 g/mol. The Morgan fingerprint density at radius 2 is 2.08 bits per heavy atom. The summed E-state index contributed by atoms with van der Waals surface area (Å²) in [7, 11) is 0. The lowest BCUT2D eigenvalue weighted by molar-refractivity contribution is 0.315. The Morgan fingerprint density at radius 1 is 1.31 bits per heavy atom. The molecule has 0 fully saturated rings. The zero-order chi connectivity index (χ0) is 9.26. The van der Waals surface area contributed by atoms with Crippen LogP contribution in [0.15, 0.2) is 16.8 Å². The molecule has 0 spiro atoms. The number of aromatic nitrogens is 2. The minimum absolute atomic E-state index is 0.621. The predicted octanol–water partition coefficient (Wildman–Crippen LogP) is 1.76. The van der Waals surface area contributed by atoms with Gasteiger partial charge in [0.05, 0.1) is 5.69 Å². The third-order valence-corrected chi connectivity index (χ3v) is 2.05. The summed E-state index contributed by atoms with van der Waals surface area (Å²) in [5.74, 6) is 0. The highest BCUT2D eigenvalue weighted by atomic mass is 16.6. The van der Waals surface area contributed by atoms with Crippen LogP contribution >= 0.6 is 0 Å². The van der Waals surface area contributed by atoms with Gasteiger partial charge in [-0.25, -0.2) is 4.63 Å². The molecule has 4 nitrogen and oxygen atoms in total. The summed E-state index contributed by atoms with van der Waals surface area (Å²) in [5.41, 5.74) is 8.94. The van der Waals surface area contributed by atoms with Crippen molar-refractivity contribution in [3.05, 3.63) is 17.7 Å². The molecule has 4 heteroatoms. The van der Waals surface area contributed by atoms with Crippen LogP contribution < -0.4 is 5.73 Å². The van der Waals surface area contributed by atoms with Crippen LogP contribution in [0, 0.1) is 0 Å². The average Bonchev–Trinajstić information content (AvgIpc) is 2.59. The van der Waals surface area contributed by atoms with Crippen molar-refractivity contribution in [2.45, 2.75) is 19.8 Å². The molecule has 0 aliphatic heterocycles. The SMILES string of the molecule is CCCc1ccc(N)c2nonc12. The summed E-state index contributed by atoms with van der Waals surface area (Å²) in [4.78, 5) is 0. The Bertz CT molecular complexity index is 422. The number of nitrogen functional groups attached to an aromatic ring is 1. The van der Waals surface area contributed by atoms with Crippen LogP contribution in [0.3, 0.4) is 0 Å². The van der Waals surface area contributed by atoms with E-state index in [1.165, 1.54) is 0 Å². The van der Waals surface area contributed by atoms with Crippen molar-refractivity contribution in [2.75, 3.05) is 5.73 Å². The molecule has 1 aromatic heterocycles. The number of anilines is 1. The molecule has 0 aliphatic carbocycles. The van der Waals surface area contributed by atoms with Crippen molar-refractivity contribution in [3.63, 3.8) is 0 Å². The molecule has 13 heavy (non-hydrogen) atoms. The summed E-state index contributed by atoms with van der Waals surface area (Å²) in [6, 6.07) is 3.82. The molecule has 0 radical (unpaired) electrons. The van der Waals surface area contributed by atoms with E-state index in [0.29, 0.717) is 11.2 Å². The fourth-order valence-electron chi connectivity index (χ4n) is 1.41. The monoisotopic (exact) mass is 177 g/mol. The minimum Gasteiger partial charge on any atom is -0.397 e. The second kappa shape index (κ2) is 3.05. The fourth-order valence-corrected chi connectivity index (χ4v) is 1.41. The van der Waals surface area contributed by atoms with Gasteiger partial charge in [0, 0.05) is 0 Å². The summed E-state index contributed by atoms with van der Waals surface area (Å²) in [5, 5.41) is 7.58. The van der Waals surface area contributed by atoms with Gasteiger partial charge in [-0.3, -0.25) is 0 Å². The molecule has 0 aliphatic rings. The van der Waals surface area contributed by atoms with E-state index in [4.69, 9.17) is 5.73 Å². The number of nitrogens with zero attached hydrogens (tertiary/aromatic N) is 2. The maximum Gasteiger partial charge on any atom is 0.158 e. The Kier molecular flexibility index (Phi) is 1.88. The van der Waals surface area contributed by atoms with Crippen LogP contribution in [0.25, 0.3) is 11.0 Å². The topological polar surface area (TPSA) is 64.9 Å². The molecule has 0 unspecified atom stereocenters. The van der Waals surface area contributed by atoms with Gasteiger partial charge in [-0.05, 0) is 28.4 Å². The van der Waals surface area contributed by atoms with Gasteiger partial charge >= 0.3 is 0 Å². The first-order chi connectivity index (χ1) is 6.33. The van der Waals surface area contributed by atoms with Crippen molar-refractivity contribution in [2.24, 2.45) is 0 Å². The zero-order valence-corrected chi connectivity index (χ0v) is 7.45. The van der Waals surface area contributed by atoms with E-state index in [1.54, 1.807) is 0 Å².